The van der Waals surface area contributed by atoms with Gasteiger partial charge in [-0.25, -0.2) is 0 Å². The lowest BCUT2D eigenvalue weighted by Gasteiger charge is -2.30. The van der Waals surface area contributed by atoms with Crippen LogP contribution >= 0.6 is 0 Å². The number of aromatic nitrogens is 2. The first-order valence-corrected chi connectivity index (χ1v) is 15.1. The Morgan fingerprint density at radius 1 is 0.822 bits per heavy atom. The summed E-state index contributed by atoms with van der Waals surface area (Å²) in [5.41, 5.74) is 3.64. The normalized spacial score (nSPS) is 21.0. The number of aromatic amines is 1. The van der Waals surface area contributed by atoms with Crippen LogP contribution in [-0.2, 0) is 38.6 Å². The first-order chi connectivity index (χ1) is 21.8. The molecule has 0 spiro atoms. The lowest BCUT2D eigenvalue weighted by molar-refractivity contribution is -0.142. The average molecular weight is 610 g/mol. The predicted octanol–water partition coefficient (Wildman–Crippen LogP) is 1.80. The van der Waals surface area contributed by atoms with E-state index in [-0.39, 0.29) is 37.7 Å². The van der Waals surface area contributed by atoms with Gasteiger partial charge in [0.25, 0.3) is 0 Å². The molecule has 2 aromatic carbocycles. The lowest BCUT2D eigenvalue weighted by atomic mass is 10.0. The van der Waals surface area contributed by atoms with Crippen molar-refractivity contribution in [3.05, 3.63) is 102 Å². The smallest absolute Gasteiger partial charge is 0.245 e. The van der Waals surface area contributed by atoms with E-state index in [0.29, 0.717) is 13.1 Å². The molecule has 3 atom stereocenters. The van der Waals surface area contributed by atoms with Gasteiger partial charge >= 0.3 is 0 Å². The Kier molecular flexibility index (Phi) is 10.2. The molecule has 4 N–H and O–H groups in total. The fraction of sp³-hybridized carbons (Fsp3) is 0.324. The predicted molar refractivity (Wildman–Crippen MR) is 171 cm³/mol. The van der Waals surface area contributed by atoms with Crippen molar-refractivity contribution in [1.82, 2.24) is 35.7 Å². The zero-order chi connectivity index (χ0) is 31.8. The lowest BCUT2D eigenvalue weighted by Crippen LogP contribution is -2.57. The first kappa shape index (κ1) is 31.4. The number of amides is 4. The van der Waals surface area contributed by atoms with Crippen LogP contribution < -0.4 is 16.0 Å². The van der Waals surface area contributed by atoms with Crippen LogP contribution in [0.4, 0.5) is 0 Å². The Bertz CT molecular complexity index is 1630. The Morgan fingerprint density at radius 2 is 1.56 bits per heavy atom. The minimum Gasteiger partial charge on any atom is -0.361 e. The summed E-state index contributed by atoms with van der Waals surface area (Å²) in [4.78, 5) is 65.0. The van der Waals surface area contributed by atoms with Gasteiger partial charge in [0.2, 0.25) is 23.6 Å². The Morgan fingerprint density at radius 3 is 2.33 bits per heavy atom. The number of fused-ring (bicyclic) bond motifs is 1. The summed E-state index contributed by atoms with van der Waals surface area (Å²) in [6.07, 6.45) is 5.74. The second-order valence-corrected chi connectivity index (χ2v) is 11.4. The second kappa shape index (κ2) is 14.6. The number of hydrogen-bond donors (Lipinski definition) is 4. The Labute approximate surface area is 262 Å². The maximum Gasteiger partial charge on any atom is 0.245 e. The van der Waals surface area contributed by atoms with Gasteiger partial charge in [-0.1, -0.05) is 48.5 Å². The summed E-state index contributed by atoms with van der Waals surface area (Å²) in [5, 5.41) is 9.72. The van der Waals surface area contributed by atoms with E-state index < -0.39 is 29.9 Å². The van der Waals surface area contributed by atoms with Gasteiger partial charge in [0.05, 0.1) is 6.54 Å². The zero-order valence-corrected chi connectivity index (χ0v) is 25.5. The van der Waals surface area contributed by atoms with E-state index in [4.69, 9.17) is 0 Å². The highest BCUT2D eigenvalue weighted by molar-refractivity contribution is 5.95. The standard InChI is InChI=1S/C34H39N7O4/c1-23-32(43)39-29(18-24-8-4-3-5-9-24)33(44)36-16-17-41(21-25-12-14-35-15-13-25)22-31(42)38-30(34(45)40(23)2)19-26-20-37-28-11-7-6-10-27(26)28/h3-15,20,23,29-30,37H,16-19,21-22H2,1-2H3,(H,36,44)(H,38,42)(H,39,43)/t23-,29-,30-/m0/s1. The van der Waals surface area contributed by atoms with Crippen molar-refractivity contribution >= 4 is 34.5 Å². The van der Waals surface area contributed by atoms with E-state index in [1.807, 2.05) is 77.8 Å². The fourth-order valence-corrected chi connectivity index (χ4v) is 5.55. The summed E-state index contributed by atoms with van der Waals surface area (Å²) in [6, 6.07) is 18.3. The number of benzene rings is 2. The van der Waals surface area contributed by atoms with Crippen molar-refractivity contribution in [3.8, 4) is 0 Å². The summed E-state index contributed by atoms with van der Waals surface area (Å²) in [5.74, 6) is -1.55. The van der Waals surface area contributed by atoms with Crippen molar-refractivity contribution in [2.45, 2.75) is 44.4 Å². The zero-order valence-electron chi connectivity index (χ0n) is 25.5. The van der Waals surface area contributed by atoms with Gasteiger partial charge in [0.1, 0.15) is 18.1 Å². The molecule has 2 aromatic heterocycles. The van der Waals surface area contributed by atoms with Gasteiger partial charge < -0.3 is 25.8 Å². The molecule has 0 bridgehead atoms. The van der Waals surface area contributed by atoms with Crippen LogP contribution in [0, 0.1) is 0 Å². The molecule has 5 rings (SSSR count). The molecule has 1 fully saturated rings. The Balaban J connectivity index is 1.44. The molecule has 4 aromatic rings. The quantitative estimate of drug-likeness (QED) is 0.263. The summed E-state index contributed by atoms with van der Waals surface area (Å²) in [6.45, 7) is 2.67. The monoisotopic (exact) mass is 609 g/mol. The molecule has 0 saturated carbocycles. The van der Waals surface area contributed by atoms with Crippen LogP contribution in [0.25, 0.3) is 10.9 Å². The van der Waals surface area contributed by atoms with E-state index >= 15 is 0 Å². The highest BCUT2D eigenvalue weighted by Crippen LogP contribution is 2.20. The van der Waals surface area contributed by atoms with Gasteiger partial charge in [-0.05, 0) is 41.8 Å². The van der Waals surface area contributed by atoms with Crippen molar-refractivity contribution in [2.24, 2.45) is 0 Å². The number of likely N-dealkylation sites (N-methyl/N-ethyl adjacent to an activating group) is 1. The number of carbonyl (C=O) groups excluding carboxylic acids is 4. The molecule has 11 nitrogen and oxygen atoms in total. The number of rotatable bonds is 6. The van der Waals surface area contributed by atoms with Crippen LogP contribution in [0.2, 0.25) is 0 Å². The highest BCUT2D eigenvalue weighted by atomic mass is 16.2. The van der Waals surface area contributed by atoms with Gasteiger partial charge in [0.15, 0.2) is 0 Å². The molecule has 4 amide bonds. The first-order valence-electron chi connectivity index (χ1n) is 15.1. The van der Waals surface area contributed by atoms with Gasteiger partial charge in [-0.15, -0.1) is 0 Å². The maximum atomic E-state index is 14.0. The molecule has 45 heavy (non-hydrogen) atoms. The van der Waals surface area contributed by atoms with Crippen molar-refractivity contribution in [2.75, 3.05) is 26.7 Å². The second-order valence-electron chi connectivity index (χ2n) is 11.4. The molecular formula is C34H39N7O4. The molecule has 0 unspecified atom stereocenters. The van der Waals surface area contributed by atoms with E-state index in [0.717, 1.165) is 27.6 Å². The topological polar surface area (TPSA) is 140 Å². The van der Waals surface area contributed by atoms with E-state index in [1.54, 1.807) is 26.4 Å². The number of hydrogen-bond acceptors (Lipinski definition) is 6. The van der Waals surface area contributed by atoms with Gasteiger partial charge in [-0.2, -0.15) is 0 Å². The Hall–Kier alpha value is -5.03. The average Bonchev–Trinajstić information content (AvgIpc) is 3.46. The largest absolute Gasteiger partial charge is 0.361 e. The molecule has 234 valence electrons. The molecule has 1 saturated heterocycles. The minimum atomic E-state index is -0.926. The van der Waals surface area contributed by atoms with Crippen LogP contribution in [-0.4, -0.2) is 88.2 Å². The van der Waals surface area contributed by atoms with E-state index in [2.05, 4.69) is 25.9 Å². The summed E-state index contributed by atoms with van der Waals surface area (Å²) >= 11 is 0. The van der Waals surface area contributed by atoms with Crippen LogP contribution in [0.5, 0.6) is 0 Å². The molecular weight excluding hydrogens is 570 g/mol. The fourth-order valence-electron chi connectivity index (χ4n) is 5.55. The third kappa shape index (κ3) is 8.12. The van der Waals surface area contributed by atoms with Crippen molar-refractivity contribution in [1.29, 1.82) is 0 Å². The number of pyridine rings is 1. The SMILES string of the molecule is C[C@H]1C(=O)N[C@@H](Cc2ccccc2)C(=O)NCCN(Cc2ccncc2)CC(=O)N[C@@H](Cc2c[nH]c3ccccc23)C(=O)N1C. The van der Waals surface area contributed by atoms with Crippen molar-refractivity contribution < 1.29 is 19.2 Å². The number of H-pyrrole nitrogens is 1. The molecule has 0 radical (unpaired) electrons. The number of nitrogens with zero attached hydrogens (tertiary/aromatic N) is 3. The molecule has 0 aliphatic carbocycles. The van der Waals surface area contributed by atoms with Crippen molar-refractivity contribution in [3.63, 3.8) is 0 Å². The van der Waals surface area contributed by atoms with E-state index in [9.17, 15) is 19.2 Å². The maximum absolute atomic E-state index is 14.0. The number of nitrogens with one attached hydrogen (secondary N) is 4. The third-order valence-electron chi connectivity index (χ3n) is 8.21. The molecule has 11 heteroatoms. The van der Waals surface area contributed by atoms with Crippen LogP contribution in [0.3, 0.4) is 0 Å². The van der Waals surface area contributed by atoms with Gasteiger partial charge in [-0.3, -0.25) is 29.1 Å². The van der Waals surface area contributed by atoms with Crippen LogP contribution in [0.15, 0.2) is 85.3 Å². The number of para-hydroxylation sites is 1. The minimum absolute atomic E-state index is 0.000248. The highest BCUT2D eigenvalue weighted by Gasteiger charge is 2.33. The molecule has 1 aliphatic heterocycles. The van der Waals surface area contributed by atoms with Crippen LogP contribution in [0.1, 0.15) is 23.6 Å². The summed E-state index contributed by atoms with van der Waals surface area (Å²) < 4.78 is 0. The molecule has 1 aliphatic rings. The number of carbonyl (C=O) groups is 4. The molecule has 3 heterocycles. The van der Waals surface area contributed by atoms with Gasteiger partial charge in [0, 0.05) is 69.0 Å². The van der Waals surface area contributed by atoms with E-state index in [1.165, 1.54) is 4.90 Å². The summed E-state index contributed by atoms with van der Waals surface area (Å²) in [7, 11) is 1.54. The third-order valence-corrected chi connectivity index (χ3v) is 8.21.